The van der Waals surface area contributed by atoms with Crippen molar-refractivity contribution < 1.29 is 4.39 Å². The van der Waals surface area contributed by atoms with E-state index in [-0.39, 0.29) is 11.9 Å². The van der Waals surface area contributed by atoms with Gasteiger partial charge in [-0.2, -0.15) is 5.26 Å². The average molecular weight is 337 g/mol. The van der Waals surface area contributed by atoms with Crippen molar-refractivity contribution in [3.05, 3.63) is 71.0 Å². The number of rotatable bonds is 4. The molecule has 0 bridgehead atoms. The maximum absolute atomic E-state index is 13.4. The quantitative estimate of drug-likeness (QED) is 0.921. The molecule has 0 saturated carbocycles. The lowest BCUT2D eigenvalue weighted by Gasteiger charge is -2.44. The number of nitriles is 1. The molecule has 0 radical (unpaired) electrons. The van der Waals surface area contributed by atoms with Crippen molar-refractivity contribution in [3.63, 3.8) is 0 Å². The van der Waals surface area contributed by atoms with Crippen LogP contribution in [-0.2, 0) is 0 Å². The van der Waals surface area contributed by atoms with Gasteiger partial charge in [0.25, 0.3) is 0 Å². The molecular weight excluding hydrogens is 313 g/mol. The van der Waals surface area contributed by atoms with Crippen LogP contribution >= 0.6 is 0 Å². The third-order valence-corrected chi connectivity index (χ3v) is 5.00. The number of hydrogen-bond acceptors (Lipinski definition) is 3. The van der Waals surface area contributed by atoms with Gasteiger partial charge in [0, 0.05) is 25.2 Å². The smallest absolute Gasteiger partial charge is 0.123 e. The molecule has 1 aliphatic rings. The number of halogens is 1. The molecule has 4 heteroatoms. The van der Waals surface area contributed by atoms with E-state index in [0.29, 0.717) is 17.6 Å². The van der Waals surface area contributed by atoms with Gasteiger partial charge in [0.2, 0.25) is 0 Å². The van der Waals surface area contributed by atoms with Crippen molar-refractivity contribution >= 4 is 0 Å². The summed E-state index contributed by atoms with van der Waals surface area (Å²) in [7, 11) is 0. The predicted molar refractivity (Wildman–Crippen MR) is 97.6 cm³/mol. The second-order valence-electron chi connectivity index (χ2n) is 6.76. The van der Waals surface area contributed by atoms with Gasteiger partial charge in [-0.3, -0.25) is 4.90 Å². The molecule has 0 aliphatic carbocycles. The Morgan fingerprint density at radius 1 is 1.16 bits per heavy atom. The Balaban J connectivity index is 2.03. The third kappa shape index (κ3) is 3.89. The number of hydrogen-bond donors (Lipinski definition) is 1. The highest BCUT2D eigenvalue weighted by Gasteiger charge is 2.32. The summed E-state index contributed by atoms with van der Waals surface area (Å²) < 4.78 is 13.4. The summed E-state index contributed by atoms with van der Waals surface area (Å²) in [5.41, 5.74) is 2.87. The Labute approximate surface area is 149 Å². The Morgan fingerprint density at radius 3 is 2.32 bits per heavy atom. The lowest BCUT2D eigenvalue weighted by molar-refractivity contribution is 0.0996. The fraction of sp³-hybridized carbons (Fsp3) is 0.381. The maximum Gasteiger partial charge on any atom is 0.123 e. The van der Waals surface area contributed by atoms with Crippen molar-refractivity contribution in [2.75, 3.05) is 13.1 Å². The summed E-state index contributed by atoms with van der Waals surface area (Å²) in [4.78, 5) is 2.51. The first-order valence-electron chi connectivity index (χ1n) is 8.87. The lowest BCUT2D eigenvalue weighted by atomic mass is 9.92. The minimum absolute atomic E-state index is 0.0582. The van der Waals surface area contributed by atoms with Crippen molar-refractivity contribution in [2.24, 2.45) is 0 Å². The largest absolute Gasteiger partial charge is 0.311 e. The highest BCUT2D eigenvalue weighted by atomic mass is 19.1. The second-order valence-corrected chi connectivity index (χ2v) is 6.76. The van der Waals surface area contributed by atoms with Crippen LogP contribution in [0.15, 0.2) is 48.5 Å². The molecule has 1 unspecified atom stereocenters. The number of piperazine rings is 1. The standard InChI is InChI=1S/C21H24FN3/c1-3-20-13-24-15(2)14-25(20)21(18-8-10-19(22)11-9-18)17-6-4-16(12-23)5-7-17/h4-11,15,20-21,24H,3,13-14H2,1-2H3/t15-,20+,21?/m0/s1. The van der Waals surface area contributed by atoms with E-state index in [1.807, 2.05) is 36.4 Å². The van der Waals surface area contributed by atoms with Crippen LogP contribution in [0.4, 0.5) is 4.39 Å². The van der Waals surface area contributed by atoms with E-state index in [0.717, 1.165) is 30.6 Å². The summed E-state index contributed by atoms with van der Waals surface area (Å²) in [6, 6.07) is 17.6. The first kappa shape index (κ1) is 17.6. The van der Waals surface area contributed by atoms with E-state index < -0.39 is 0 Å². The molecule has 3 nitrogen and oxygen atoms in total. The zero-order valence-corrected chi connectivity index (χ0v) is 14.7. The second kappa shape index (κ2) is 7.77. The fourth-order valence-electron chi connectivity index (χ4n) is 3.64. The van der Waals surface area contributed by atoms with E-state index in [2.05, 4.69) is 30.1 Å². The highest BCUT2D eigenvalue weighted by molar-refractivity contribution is 5.37. The van der Waals surface area contributed by atoms with Gasteiger partial charge >= 0.3 is 0 Å². The van der Waals surface area contributed by atoms with Gasteiger partial charge in [-0.25, -0.2) is 4.39 Å². The Morgan fingerprint density at radius 2 is 1.76 bits per heavy atom. The minimum Gasteiger partial charge on any atom is -0.311 e. The van der Waals surface area contributed by atoms with Gasteiger partial charge in [0.1, 0.15) is 5.82 Å². The summed E-state index contributed by atoms with van der Waals surface area (Å²) in [5.74, 6) is -0.219. The molecule has 3 rings (SSSR count). The predicted octanol–water partition coefficient (Wildman–Crippen LogP) is 3.86. The summed E-state index contributed by atoms with van der Waals surface area (Å²) in [6.45, 7) is 6.28. The third-order valence-electron chi connectivity index (χ3n) is 5.00. The highest BCUT2D eigenvalue weighted by Crippen LogP contribution is 2.32. The van der Waals surface area contributed by atoms with E-state index in [9.17, 15) is 4.39 Å². The molecule has 1 fully saturated rings. The molecule has 2 aromatic rings. The molecule has 1 aliphatic heterocycles. The van der Waals surface area contributed by atoms with Gasteiger partial charge in [-0.15, -0.1) is 0 Å². The first-order valence-corrected chi connectivity index (χ1v) is 8.87. The minimum atomic E-state index is -0.219. The fourth-order valence-corrected chi connectivity index (χ4v) is 3.64. The van der Waals surface area contributed by atoms with Crippen LogP contribution in [0.1, 0.15) is 43.0 Å². The van der Waals surface area contributed by atoms with Crippen LogP contribution in [0.2, 0.25) is 0 Å². The lowest BCUT2D eigenvalue weighted by Crippen LogP contribution is -2.56. The zero-order chi connectivity index (χ0) is 17.8. The normalized spacial score (nSPS) is 22.3. The number of nitrogens with one attached hydrogen (secondary N) is 1. The van der Waals surface area contributed by atoms with Crippen molar-refractivity contribution in [1.29, 1.82) is 5.26 Å². The molecular formula is C21H24FN3. The Kier molecular flexibility index (Phi) is 5.47. The van der Waals surface area contributed by atoms with E-state index >= 15 is 0 Å². The van der Waals surface area contributed by atoms with Gasteiger partial charge in [0.15, 0.2) is 0 Å². The van der Waals surface area contributed by atoms with Crippen LogP contribution in [0.3, 0.4) is 0 Å². The van der Waals surface area contributed by atoms with Gasteiger partial charge < -0.3 is 5.32 Å². The van der Waals surface area contributed by atoms with E-state index in [1.54, 1.807) is 0 Å². The van der Waals surface area contributed by atoms with Crippen molar-refractivity contribution in [1.82, 2.24) is 10.2 Å². The summed E-state index contributed by atoms with van der Waals surface area (Å²) >= 11 is 0. The molecule has 1 heterocycles. The zero-order valence-electron chi connectivity index (χ0n) is 14.7. The summed E-state index contributed by atoms with van der Waals surface area (Å²) in [6.07, 6.45) is 1.05. The molecule has 1 N–H and O–H groups in total. The molecule has 2 aromatic carbocycles. The van der Waals surface area contributed by atoms with Crippen molar-refractivity contribution in [2.45, 2.75) is 38.4 Å². The van der Waals surface area contributed by atoms with Crippen molar-refractivity contribution in [3.8, 4) is 6.07 Å². The van der Waals surface area contributed by atoms with E-state index in [4.69, 9.17) is 5.26 Å². The van der Waals surface area contributed by atoms with Crippen LogP contribution in [0, 0.1) is 17.1 Å². The number of benzene rings is 2. The van der Waals surface area contributed by atoms with Crippen LogP contribution < -0.4 is 5.32 Å². The SMILES string of the molecule is CC[C@@H]1CN[C@@H](C)CN1C(c1ccc(F)cc1)c1ccc(C#N)cc1. The van der Waals surface area contributed by atoms with Gasteiger partial charge in [0.05, 0.1) is 17.7 Å². The number of nitrogens with zero attached hydrogens (tertiary/aromatic N) is 2. The molecule has 3 atom stereocenters. The van der Waals surface area contributed by atoms with Gasteiger partial charge in [-0.05, 0) is 48.7 Å². The van der Waals surface area contributed by atoms with Gasteiger partial charge in [-0.1, -0.05) is 31.2 Å². The van der Waals surface area contributed by atoms with E-state index in [1.165, 1.54) is 12.1 Å². The molecule has 0 aromatic heterocycles. The molecule has 0 spiro atoms. The van der Waals surface area contributed by atoms with Crippen LogP contribution in [0.5, 0.6) is 0 Å². The molecule has 0 amide bonds. The summed E-state index contributed by atoms with van der Waals surface area (Å²) in [5, 5.41) is 12.6. The monoisotopic (exact) mass is 337 g/mol. The molecule has 1 saturated heterocycles. The maximum atomic E-state index is 13.4. The Hall–Kier alpha value is -2.22. The first-order chi connectivity index (χ1) is 12.1. The van der Waals surface area contributed by atoms with Crippen LogP contribution in [0.25, 0.3) is 0 Å². The topological polar surface area (TPSA) is 39.1 Å². The average Bonchev–Trinajstić information content (AvgIpc) is 2.64. The molecule has 25 heavy (non-hydrogen) atoms. The van der Waals surface area contributed by atoms with Crippen LogP contribution in [-0.4, -0.2) is 30.1 Å². The Bertz CT molecular complexity index is 733. The molecule has 130 valence electrons.